The summed E-state index contributed by atoms with van der Waals surface area (Å²) in [5.41, 5.74) is 0. The van der Waals surface area contributed by atoms with E-state index in [1.165, 1.54) is 0 Å². The van der Waals surface area contributed by atoms with E-state index < -0.39 is 0 Å². The molecule has 0 N–H and O–H groups in total. The van der Waals surface area contributed by atoms with Crippen LogP contribution in [0.4, 0.5) is 5.82 Å². The first-order valence-electron chi connectivity index (χ1n) is 3.56. The highest BCUT2D eigenvalue weighted by atomic mass is 15.1. The Labute approximate surface area is 66.3 Å². The van der Waals surface area contributed by atoms with E-state index in [0.717, 1.165) is 12.4 Å². The van der Waals surface area contributed by atoms with E-state index in [4.69, 9.17) is 0 Å². The average Bonchev–Trinajstić information content (AvgIpc) is 2.39. The summed E-state index contributed by atoms with van der Waals surface area (Å²) in [6.07, 6.45) is 3.69. The summed E-state index contributed by atoms with van der Waals surface area (Å²) < 4.78 is 3.76. The summed E-state index contributed by atoms with van der Waals surface area (Å²) in [7, 11) is 1.94. The zero-order valence-electron chi connectivity index (χ0n) is 6.91. The van der Waals surface area contributed by atoms with Crippen molar-refractivity contribution >= 4 is 11.7 Å². The highest BCUT2D eigenvalue weighted by Crippen LogP contribution is 2.03. The van der Waals surface area contributed by atoms with E-state index in [9.17, 15) is 0 Å². The fraction of sp³-hybridized carbons (Fsp3) is 0.375. The number of hydrogen-bond donors (Lipinski definition) is 0. The van der Waals surface area contributed by atoms with Gasteiger partial charge in [0.1, 0.15) is 6.20 Å². The van der Waals surface area contributed by atoms with Crippen molar-refractivity contribution < 1.29 is 4.58 Å². The molecule has 0 aliphatic rings. The van der Waals surface area contributed by atoms with E-state index in [-0.39, 0.29) is 0 Å². The Morgan fingerprint density at radius 2 is 2.55 bits per heavy atom. The van der Waals surface area contributed by atoms with Gasteiger partial charge in [-0.05, 0) is 18.5 Å². The third kappa shape index (κ3) is 1.57. The summed E-state index contributed by atoms with van der Waals surface area (Å²) in [5.74, 6) is 3.68. The molecule has 0 spiro atoms. The summed E-state index contributed by atoms with van der Waals surface area (Å²) in [4.78, 5) is 4.14. The number of imidazole rings is 1. The van der Waals surface area contributed by atoms with Crippen molar-refractivity contribution in [2.24, 2.45) is 7.05 Å². The van der Waals surface area contributed by atoms with Crippen molar-refractivity contribution in [2.75, 3.05) is 6.54 Å². The van der Waals surface area contributed by atoms with Crippen molar-refractivity contribution in [3.8, 4) is 0 Å². The second-order valence-corrected chi connectivity index (χ2v) is 2.30. The molecule has 0 radical (unpaired) electrons. The summed E-state index contributed by atoms with van der Waals surface area (Å²) in [5, 5.41) is 0. The van der Waals surface area contributed by atoms with Crippen molar-refractivity contribution in [3.05, 3.63) is 19.1 Å². The lowest BCUT2D eigenvalue weighted by Gasteiger charge is -1.89. The standard InChI is InChI=1S/C8H12N3/c1-4-11(5-2)8-6-10(3)7-9-8/h6-7H,1,5H2,2-3H3/q+1. The van der Waals surface area contributed by atoms with Crippen LogP contribution in [0.1, 0.15) is 6.92 Å². The Kier molecular flexibility index (Phi) is 2.24. The fourth-order valence-corrected chi connectivity index (χ4v) is 0.893. The number of hydrogen-bond acceptors (Lipinski definition) is 1. The predicted molar refractivity (Wildman–Crippen MR) is 44.3 cm³/mol. The lowest BCUT2D eigenvalue weighted by atomic mass is 10.6. The first kappa shape index (κ1) is 7.76. The van der Waals surface area contributed by atoms with Gasteiger partial charge in [0.15, 0.2) is 0 Å². The first-order valence-corrected chi connectivity index (χ1v) is 3.56. The van der Waals surface area contributed by atoms with Gasteiger partial charge >= 0.3 is 5.82 Å². The zero-order valence-corrected chi connectivity index (χ0v) is 6.91. The SMILES string of the molecule is C=C=[N+](CC)c1cn(C)cn1. The lowest BCUT2D eigenvalue weighted by Crippen LogP contribution is -2.01. The zero-order chi connectivity index (χ0) is 8.27. The highest BCUT2D eigenvalue weighted by Gasteiger charge is 2.07. The summed E-state index contributed by atoms with van der Waals surface area (Å²) in [6, 6.07) is 0. The number of rotatable bonds is 2. The van der Waals surface area contributed by atoms with Crippen LogP contribution < -0.4 is 0 Å². The van der Waals surface area contributed by atoms with Gasteiger partial charge in [-0.25, -0.2) is 0 Å². The molecule has 0 saturated heterocycles. The Balaban J connectivity index is 3.01. The van der Waals surface area contributed by atoms with Crippen LogP contribution >= 0.6 is 0 Å². The minimum Gasteiger partial charge on any atom is -0.314 e. The number of aromatic nitrogens is 2. The van der Waals surface area contributed by atoms with Gasteiger partial charge in [0.2, 0.25) is 6.33 Å². The van der Waals surface area contributed by atoms with E-state index in [2.05, 4.69) is 17.4 Å². The van der Waals surface area contributed by atoms with Crippen LogP contribution in [0.2, 0.25) is 0 Å². The van der Waals surface area contributed by atoms with E-state index >= 15 is 0 Å². The minimum atomic E-state index is 0.848. The van der Waals surface area contributed by atoms with Gasteiger partial charge in [-0.1, -0.05) is 0 Å². The molecule has 0 unspecified atom stereocenters. The maximum Gasteiger partial charge on any atom is 0.349 e. The fourth-order valence-electron chi connectivity index (χ4n) is 0.893. The van der Waals surface area contributed by atoms with Crippen LogP contribution in [-0.2, 0) is 7.05 Å². The molecule has 0 saturated carbocycles. The first-order chi connectivity index (χ1) is 5.27. The Bertz CT molecular complexity index is 292. The quantitative estimate of drug-likeness (QED) is 0.454. The Morgan fingerprint density at radius 1 is 1.82 bits per heavy atom. The number of aryl methyl sites for hydroxylation is 1. The maximum absolute atomic E-state index is 4.14. The monoisotopic (exact) mass is 150 g/mol. The molecule has 0 bridgehead atoms. The lowest BCUT2D eigenvalue weighted by molar-refractivity contribution is -0.432. The minimum absolute atomic E-state index is 0.848. The molecule has 11 heavy (non-hydrogen) atoms. The van der Waals surface area contributed by atoms with Gasteiger partial charge in [-0.3, -0.25) is 0 Å². The smallest absolute Gasteiger partial charge is 0.314 e. The molecule has 1 heterocycles. The van der Waals surface area contributed by atoms with E-state index in [1.54, 1.807) is 6.33 Å². The molecule has 1 aromatic rings. The van der Waals surface area contributed by atoms with Crippen LogP contribution in [0.25, 0.3) is 0 Å². The molecule has 3 nitrogen and oxygen atoms in total. The number of nitrogens with zero attached hydrogens (tertiary/aromatic N) is 3. The van der Waals surface area contributed by atoms with Gasteiger partial charge in [-0.2, -0.15) is 4.58 Å². The maximum atomic E-state index is 4.14. The van der Waals surface area contributed by atoms with Crippen LogP contribution in [0.5, 0.6) is 0 Å². The molecule has 0 aliphatic heterocycles. The molecule has 0 aliphatic carbocycles. The van der Waals surface area contributed by atoms with Gasteiger partial charge in [0.25, 0.3) is 0 Å². The van der Waals surface area contributed by atoms with E-state index in [1.807, 2.05) is 29.3 Å². The van der Waals surface area contributed by atoms with Gasteiger partial charge in [0.05, 0.1) is 12.4 Å². The van der Waals surface area contributed by atoms with Gasteiger partial charge in [0, 0.05) is 7.05 Å². The molecule has 0 aromatic carbocycles. The molecule has 3 heteroatoms. The topological polar surface area (TPSA) is 20.8 Å². The molecule has 0 fully saturated rings. The summed E-state index contributed by atoms with van der Waals surface area (Å²) >= 11 is 0. The van der Waals surface area contributed by atoms with E-state index in [0.29, 0.717) is 0 Å². The normalized spacial score (nSPS) is 9.27. The Hall–Kier alpha value is -1.34. The second kappa shape index (κ2) is 3.17. The van der Waals surface area contributed by atoms with Crippen molar-refractivity contribution in [1.82, 2.24) is 9.55 Å². The molecule has 58 valence electrons. The molecule has 0 amide bonds. The molecule has 1 rings (SSSR count). The largest absolute Gasteiger partial charge is 0.349 e. The molecular weight excluding hydrogens is 138 g/mol. The molecule has 1 aromatic heterocycles. The van der Waals surface area contributed by atoms with Gasteiger partial charge < -0.3 is 4.57 Å². The predicted octanol–water partition coefficient (Wildman–Crippen LogP) is 0.940. The molecule has 0 atom stereocenters. The molecular formula is C8H12N3+. The Morgan fingerprint density at radius 3 is 2.91 bits per heavy atom. The van der Waals surface area contributed by atoms with Gasteiger partial charge in [-0.15, -0.1) is 0 Å². The van der Waals surface area contributed by atoms with Crippen LogP contribution in [0, 0.1) is 0 Å². The van der Waals surface area contributed by atoms with Crippen LogP contribution in [0.15, 0.2) is 19.1 Å². The van der Waals surface area contributed by atoms with Crippen molar-refractivity contribution in [2.45, 2.75) is 6.92 Å². The third-order valence-corrected chi connectivity index (χ3v) is 1.47. The summed E-state index contributed by atoms with van der Waals surface area (Å²) in [6.45, 7) is 6.45. The second-order valence-electron chi connectivity index (χ2n) is 2.30. The highest BCUT2D eigenvalue weighted by molar-refractivity contribution is 5.42. The van der Waals surface area contributed by atoms with Crippen molar-refractivity contribution in [1.29, 1.82) is 0 Å². The van der Waals surface area contributed by atoms with Crippen LogP contribution in [0.3, 0.4) is 0 Å². The van der Waals surface area contributed by atoms with Crippen LogP contribution in [-0.4, -0.2) is 26.5 Å². The van der Waals surface area contributed by atoms with Crippen molar-refractivity contribution in [3.63, 3.8) is 0 Å². The third-order valence-electron chi connectivity index (χ3n) is 1.47. The average molecular weight is 150 g/mol.